The van der Waals surface area contributed by atoms with E-state index < -0.39 is 0 Å². The van der Waals surface area contributed by atoms with Crippen LogP contribution in [0.25, 0.3) is 0 Å². The zero-order chi connectivity index (χ0) is 12.6. The van der Waals surface area contributed by atoms with Crippen molar-refractivity contribution in [3.8, 4) is 0 Å². The minimum Gasteiger partial charge on any atom is -0.329 e. The molecule has 0 spiro atoms. The SMILES string of the molecule is CCCCCC(C)(CN)N(C)CCN(C)C. The van der Waals surface area contributed by atoms with Gasteiger partial charge in [-0.3, -0.25) is 4.90 Å². The first-order chi connectivity index (χ1) is 7.46. The topological polar surface area (TPSA) is 32.5 Å². The molecule has 0 radical (unpaired) electrons. The maximum Gasteiger partial charge on any atom is 0.0301 e. The van der Waals surface area contributed by atoms with Crippen molar-refractivity contribution in [2.24, 2.45) is 5.73 Å². The van der Waals surface area contributed by atoms with Gasteiger partial charge in [0.25, 0.3) is 0 Å². The van der Waals surface area contributed by atoms with Crippen molar-refractivity contribution in [3.05, 3.63) is 0 Å². The molecule has 16 heavy (non-hydrogen) atoms. The first kappa shape index (κ1) is 15.9. The predicted molar refractivity (Wildman–Crippen MR) is 72.8 cm³/mol. The van der Waals surface area contributed by atoms with Crippen molar-refractivity contribution in [2.75, 3.05) is 40.8 Å². The van der Waals surface area contributed by atoms with E-state index in [4.69, 9.17) is 5.73 Å². The van der Waals surface area contributed by atoms with E-state index in [1.54, 1.807) is 0 Å². The van der Waals surface area contributed by atoms with E-state index in [9.17, 15) is 0 Å². The van der Waals surface area contributed by atoms with E-state index in [1.807, 2.05) is 0 Å². The molecule has 0 aliphatic carbocycles. The number of rotatable bonds is 9. The zero-order valence-electron chi connectivity index (χ0n) is 11.9. The molecule has 98 valence electrons. The summed E-state index contributed by atoms with van der Waals surface area (Å²) >= 11 is 0. The molecule has 0 aromatic rings. The summed E-state index contributed by atoms with van der Waals surface area (Å²) in [6, 6.07) is 0. The van der Waals surface area contributed by atoms with Crippen LogP contribution < -0.4 is 5.73 Å². The highest BCUT2D eigenvalue weighted by atomic mass is 15.2. The second-order valence-electron chi connectivity index (χ2n) is 5.38. The molecule has 0 aliphatic rings. The summed E-state index contributed by atoms with van der Waals surface area (Å²) in [5.41, 5.74) is 6.11. The number of likely N-dealkylation sites (N-methyl/N-ethyl adjacent to an activating group) is 2. The highest BCUT2D eigenvalue weighted by molar-refractivity contribution is 4.85. The summed E-state index contributed by atoms with van der Waals surface area (Å²) < 4.78 is 0. The summed E-state index contributed by atoms with van der Waals surface area (Å²) in [5.74, 6) is 0. The van der Waals surface area contributed by atoms with Gasteiger partial charge in [-0.2, -0.15) is 0 Å². The van der Waals surface area contributed by atoms with Gasteiger partial charge in [-0.05, 0) is 34.5 Å². The van der Waals surface area contributed by atoms with Gasteiger partial charge in [0.15, 0.2) is 0 Å². The Bertz CT molecular complexity index is 171. The molecule has 0 saturated heterocycles. The Labute approximate surface area is 102 Å². The highest BCUT2D eigenvalue weighted by Crippen LogP contribution is 2.20. The van der Waals surface area contributed by atoms with Crippen LogP contribution in [-0.4, -0.2) is 56.1 Å². The molecule has 0 heterocycles. The van der Waals surface area contributed by atoms with Crippen molar-refractivity contribution in [2.45, 2.75) is 45.1 Å². The van der Waals surface area contributed by atoms with E-state index in [0.29, 0.717) is 0 Å². The Balaban J connectivity index is 4.09. The molecule has 0 aromatic heterocycles. The minimum absolute atomic E-state index is 0.172. The Hall–Kier alpha value is -0.120. The molecule has 1 atom stereocenters. The Morgan fingerprint density at radius 2 is 1.69 bits per heavy atom. The lowest BCUT2D eigenvalue weighted by molar-refractivity contribution is 0.121. The van der Waals surface area contributed by atoms with Gasteiger partial charge in [0.1, 0.15) is 0 Å². The van der Waals surface area contributed by atoms with Crippen LogP contribution in [0.4, 0.5) is 0 Å². The second kappa shape index (κ2) is 8.04. The van der Waals surface area contributed by atoms with Crippen LogP contribution in [0, 0.1) is 0 Å². The third-order valence-electron chi connectivity index (χ3n) is 3.56. The molecule has 0 rings (SSSR count). The molecule has 0 amide bonds. The second-order valence-corrected chi connectivity index (χ2v) is 5.38. The first-order valence-corrected chi connectivity index (χ1v) is 6.52. The van der Waals surface area contributed by atoms with E-state index in [0.717, 1.165) is 19.6 Å². The Kier molecular flexibility index (Phi) is 7.98. The van der Waals surface area contributed by atoms with Gasteiger partial charge in [0.2, 0.25) is 0 Å². The monoisotopic (exact) mass is 229 g/mol. The number of hydrogen-bond donors (Lipinski definition) is 1. The largest absolute Gasteiger partial charge is 0.329 e. The highest BCUT2D eigenvalue weighted by Gasteiger charge is 2.26. The summed E-state index contributed by atoms with van der Waals surface area (Å²) in [7, 11) is 6.43. The van der Waals surface area contributed by atoms with Gasteiger partial charge in [-0.15, -0.1) is 0 Å². The van der Waals surface area contributed by atoms with Gasteiger partial charge >= 0.3 is 0 Å². The van der Waals surface area contributed by atoms with E-state index in [2.05, 4.69) is 44.8 Å². The van der Waals surface area contributed by atoms with Gasteiger partial charge < -0.3 is 10.6 Å². The molecule has 0 saturated carbocycles. The molecule has 0 aromatic carbocycles. The first-order valence-electron chi connectivity index (χ1n) is 6.52. The lowest BCUT2D eigenvalue weighted by Gasteiger charge is -2.39. The number of nitrogens with two attached hydrogens (primary N) is 1. The third kappa shape index (κ3) is 5.83. The zero-order valence-corrected chi connectivity index (χ0v) is 11.9. The van der Waals surface area contributed by atoms with Crippen molar-refractivity contribution in [3.63, 3.8) is 0 Å². The average Bonchev–Trinajstić information content (AvgIpc) is 2.25. The van der Waals surface area contributed by atoms with Crippen LogP contribution in [-0.2, 0) is 0 Å². The van der Waals surface area contributed by atoms with Crippen molar-refractivity contribution in [1.29, 1.82) is 0 Å². The van der Waals surface area contributed by atoms with Crippen LogP contribution >= 0.6 is 0 Å². The maximum atomic E-state index is 5.94. The smallest absolute Gasteiger partial charge is 0.0301 e. The van der Waals surface area contributed by atoms with Crippen LogP contribution in [0.15, 0.2) is 0 Å². The molecular weight excluding hydrogens is 198 g/mol. The molecular formula is C13H31N3. The lowest BCUT2D eigenvalue weighted by Crippen LogP contribution is -2.51. The van der Waals surface area contributed by atoms with Crippen LogP contribution in [0.3, 0.4) is 0 Å². The van der Waals surface area contributed by atoms with Gasteiger partial charge in [0, 0.05) is 25.2 Å². The van der Waals surface area contributed by atoms with E-state index >= 15 is 0 Å². The minimum atomic E-state index is 0.172. The van der Waals surface area contributed by atoms with Gasteiger partial charge in [-0.1, -0.05) is 26.2 Å². The third-order valence-corrected chi connectivity index (χ3v) is 3.56. The molecule has 0 aliphatic heterocycles. The Morgan fingerprint density at radius 3 is 2.12 bits per heavy atom. The fourth-order valence-corrected chi connectivity index (χ4v) is 1.82. The molecule has 1 unspecified atom stereocenters. The molecule has 0 fully saturated rings. The van der Waals surface area contributed by atoms with E-state index in [-0.39, 0.29) is 5.54 Å². The normalized spacial score (nSPS) is 15.8. The fraction of sp³-hybridized carbons (Fsp3) is 1.00. The van der Waals surface area contributed by atoms with E-state index in [1.165, 1.54) is 25.7 Å². The van der Waals surface area contributed by atoms with Crippen molar-refractivity contribution in [1.82, 2.24) is 9.80 Å². The summed E-state index contributed by atoms with van der Waals surface area (Å²) in [5, 5.41) is 0. The average molecular weight is 229 g/mol. The fourth-order valence-electron chi connectivity index (χ4n) is 1.82. The molecule has 0 bridgehead atoms. The van der Waals surface area contributed by atoms with Crippen LogP contribution in [0.1, 0.15) is 39.5 Å². The van der Waals surface area contributed by atoms with Gasteiger partial charge in [-0.25, -0.2) is 0 Å². The summed E-state index contributed by atoms with van der Waals surface area (Å²) in [6.45, 7) is 7.47. The predicted octanol–water partition coefficient (Wildman–Crippen LogP) is 1.78. The number of nitrogens with zero attached hydrogens (tertiary/aromatic N) is 2. The Morgan fingerprint density at radius 1 is 1.06 bits per heavy atom. The summed E-state index contributed by atoms with van der Waals surface area (Å²) in [6.07, 6.45) is 5.09. The molecule has 3 heteroatoms. The molecule has 3 nitrogen and oxygen atoms in total. The lowest BCUT2D eigenvalue weighted by atomic mass is 9.92. The standard InChI is InChI=1S/C13H31N3/c1-6-7-8-9-13(2,12-14)16(5)11-10-15(3)4/h6-12,14H2,1-5H3. The number of hydrogen-bond acceptors (Lipinski definition) is 3. The van der Waals surface area contributed by atoms with Crippen molar-refractivity contribution >= 4 is 0 Å². The van der Waals surface area contributed by atoms with Crippen LogP contribution in [0.2, 0.25) is 0 Å². The van der Waals surface area contributed by atoms with Gasteiger partial charge in [0.05, 0.1) is 0 Å². The number of unbranched alkanes of at least 4 members (excludes halogenated alkanes) is 2. The summed E-state index contributed by atoms with van der Waals surface area (Å²) in [4.78, 5) is 4.64. The quantitative estimate of drug-likeness (QED) is 0.612. The molecule has 2 N–H and O–H groups in total. The van der Waals surface area contributed by atoms with Crippen molar-refractivity contribution < 1.29 is 0 Å². The van der Waals surface area contributed by atoms with Crippen LogP contribution in [0.5, 0.6) is 0 Å². The maximum absolute atomic E-state index is 5.94.